The monoisotopic (exact) mass is 398 g/mol. The smallest absolute Gasteiger partial charge is 0.232 e. The van der Waals surface area contributed by atoms with Gasteiger partial charge in [-0.1, -0.05) is 0 Å². The van der Waals surface area contributed by atoms with E-state index in [0.29, 0.717) is 17.5 Å². The molecule has 0 aliphatic heterocycles. The molecular weight excluding hydrogens is 378 g/mol. The molecule has 2 aromatic carbocycles. The van der Waals surface area contributed by atoms with Gasteiger partial charge in [0.2, 0.25) is 15.9 Å². The van der Waals surface area contributed by atoms with Gasteiger partial charge in [0.1, 0.15) is 17.4 Å². The van der Waals surface area contributed by atoms with Crippen LogP contribution in [0.15, 0.2) is 42.5 Å². The molecule has 0 bridgehead atoms. The second-order valence-corrected chi connectivity index (χ2v) is 7.72. The first-order valence-corrected chi connectivity index (χ1v) is 9.92. The molecule has 1 amide bonds. The number of carbonyl (C=O) groups is 1. The first kappa shape index (κ1) is 20.6. The molecule has 0 aromatic heterocycles. The summed E-state index contributed by atoms with van der Waals surface area (Å²) in [5.74, 6) is -1.52. The molecule has 0 atom stereocenters. The Balaban J connectivity index is 1.97. The SMILES string of the molecule is COc1ccc(N(CCCC(=O)Nc2ccc(F)cc2F)S(C)(=O)=O)cc1. The van der Waals surface area contributed by atoms with Crippen molar-refractivity contribution in [2.24, 2.45) is 0 Å². The summed E-state index contributed by atoms with van der Waals surface area (Å²) in [6, 6.07) is 9.32. The molecule has 9 heteroatoms. The molecule has 0 spiro atoms. The number of benzene rings is 2. The van der Waals surface area contributed by atoms with Gasteiger partial charge in [0.25, 0.3) is 0 Å². The molecule has 0 radical (unpaired) electrons. The summed E-state index contributed by atoms with van der Waals surface area (Å²) in [6.07, 6.45) is 1.26. The number of carbonyl (C=O) groups excluding carboxylic acids is 1. The highest BCUT2D eigenvalue weighted by Crippen LogP contribution is 2.22. The Morgan fingerprint density at radius 1 is 1.15 bits per heavy atom. The van der Waals surface area contributed by atoms with Crippen molar-refractivity contribution in [1.29, 1.82) is 0 Å². The molecule has 0 aliphatic rings. The molecule has 6 nitrogen and oxygen atoms in total. The van der Waals surface area contributed by atoms with Crippen molar-refractivity contribution in [2.45, 2.75) is 12.8 Å². The van der Waals surface area contributed by atoms with Gasteiger partial charge in [0.15, 0.2) is 0 Å². The molecule has 0 fully saturated rings. The van der Waals surface area contributed by atoms with Gasteiger partial charge >= 0.3 is 0 Å². The minimum absolute atomic E-state index is 0.0288. The maximum absolute atomic E-state index is 13.5. The lowest BCUT2D eigenvalue weighted by atomic mass is 10.2. The summed E-state index contributed by atoms with van der Waals surface area (Å²) in [6.45, 7) is 0.0739. The van der Waals surface area contributed by atoms with E-state index < -0.39 is 27.6 Å². The Bertz CT molecular complexity index is 902. The second kappa shape index (κ2) is 8.81. The first-order chi connectivity index (χ1) is 12.7. The third-order valence-corrected chi connectivity index (χ3v) is 4.93. The van der Waals surface area contributed by atoms with Crippen LogP contribution in [-0.2, 0) is 14.8 Å². The number of ether oxygens (including phenoxy) is 1. The van der Waals surface area contributed by atoms with E-state index in [4.69, 9.17) is 4.74 Å². The topological polar surface area (TPSA) is 75.7 Å². The lowest BCUT2D eigenvalue weighted by molar-refractivity contribution is -0.116. The summed E-state index contributed by atoms with van der Waals surface area (Å²) in [7, 11) is -2.04. The molecule has 0 unspecified atom stereocenters. The van der Waals surface area contributed by atoms with Crippen molar-refractivity contribution in [3.8, 4) is 5.75 Å². The van der Waals surface area contributed by atoms with Crippen molar-refractivity contribution < 1.29 is 26.7 Å². The number of halogens is 2. The van der Waals surface area contributed by atoms with Crippen LogP contribution in [0.1, 0.15) is 12.8 Å². The quantitative estimate of drug-likeness (QED) is 0.741. The van der Waals surface area contributed by atoms with Gasteiger partial charge in [-0.15, -0.1) is 0 Å². The molecule has 0 heterocycles. The van der Waals surface area contributed by atoms with Crippen LogP contribution in [0.4, 0.5) is 20.2 Å². The fourth-order valence-corrected chi connectivity index (χ4v) is 3.39. The van der Waals surface area contributed by atoms with Crippen molar-refractivity contribution in [1.82, 2.24) is 0 Å². The number of sulfonamides is 1. The van der Waals surface area contributed by atoms with Crippen molar-refractivity contribution in [2.75, 3.05) is 29.5 Å². The largest absolute Gasteiger partial charge is 0.497 e. The number of hydrogen-bond donors (Lipinski definition) is 1. The predicted octanol–water partition coefficient (Wildman–Crippen LogP) is 3.16. The number of hydrogen-bond acceptors (Lipinski definition) is 4. The zero-order valence-corrected chi connectivity index (χ0v) is 15.7. The van der Waals surface area contributed by atoms with E-state index in [9.17, 15) is 22.0 Å². The lowest BCUT2D eigenvalue weighted by Gasteiger charge is -2.22. The number of methoxy groups -OCH3 is 1. The zero-order valence-electron chi connectivity index (χ0n) is 14.9. The van der Waals surface area contributed by atoms with E-state index in [1.54, 1.807) is 24.3 Å². The van der Waals surface area contributed by atoms with Gasteiger partial charge in [-0.05, 0) is 42.8 Å². The van der Waals surface area contributed by atoms with Crippen molar-refractivity contribution in [3.63, 3.8) is 0 Å². The maximum Gasteiger partial charge on any atom is 0.232 e. The third-order valence-electron chi connectivity index (χ3n) is 3.73. The number of nitrogens with zero attached hydrogens (tertiary/aromatic N) is 1. The van der Waals surface area contributed by atoms with Gasteiger partial charge in [-0.2, -0.15) is 0 Å². The van der Waals surface area contributed by atoms with E-state index >= 15 is 0 Å². The van der Waals surface area contributed by atoms with Gasteiger partial charge in [0, 0.05) is 19.0 Å². The molecule has 27 heavy (non-hydrogen) atoms. The summed E-state index contributed by atoms with van der Waals surface area (Å²) in [4.78, 5) is 11.9. The van der Waals surface area contributed by atoms with Crippen LogP contribution in [0.25, 0.3) is 0 Å². The molecule has 0 saturated carbocycles. The third kappa shape index (κ3) is 5.92. The fourth-order valence-electron chi connectivity index (χ4n) is 2.42. The second-order valence-electron chi connectivity index (χ2n) is 5.81. The molecule has 2 aromatic rings. The summed E-state index contributed by atoms with van der Waals surface area (Å²) in [5, 5.41) is 2.34. The normalized spacial score (nSPS) is 11.1. The summed E-state index contributed by atoms with van der Waals surface area (Å²) < 4.78 is 56.7. The highest BCUT2D eigenvalue weighted by Gasteiger charge is 2.18. The van der Waals surface area contributed by atoms with E-state index in [1.165, 1.54) is 11.4 Å². The van der Waals surface area contributed by atoms with Crippen LogP contribution in [0.3, 0.4) is 0 Å². The Morgan fingerprint density at radius 3 is 2.37 bits per heavy atom. The average molecular weight is 398 g/mol. The highest BCUT2D eigenvalue weighted by molar-refractivity contribution is 7.92. The van der Waals surface area contributed by atoms with Gasteiger partial charge in [-0.25, -0.2) is 17.2 Å². The molecule has 1 N–H and O–H groups in total. The minimum Gasteiger partial charge on any atom is -0.497 e. The number of nitrogens with one attached hydrogen (secondary N) is 1. The standard InChI is InChI=1S/C18H20F2N2O4S/c1-26-15-8-6-14(7-9-15)22(27(2,24)25)11-3-4-18(23)21-17-10-5-13(19)12-16(17)20/h5-10,12H,3-4,11H2,1-2H3,(H,21,23). The average Bonchev–Trinajstić information content (AvgIpc) is 2.60. The zero-order chi connectivity index (χ0) is 20.0. The first-order valence-electron chi connectivity index (χ1n) is 8.07. The Morgan fingerprint density at radius 2 is 1.81 bits per heavy atom. The summed E-state index contributed by atoms with van der Waals surface area (Å²) >= 11 is 0. The van der Waals surface area contributed by atoms with Crippen LogP contribution in [0.5, 0.6) is 5.75 Å². The molecule has 146 valence electrons. The summed E-state index contributed by atoms with van der Waals surface area (Å²) in [5.41, 5.74) is 0.319. The predicted molar refractivity (Wildman–Crippen MR) is 99.4 cm³/mol. The van der Waals surface area contributed by atoms with Crippen LogP contribution in [0.2, 0.25) is 0 Å². The van der Waals surface area contributed by atoms with E-state index in [2.05, 4.69) is 5.32 Å². The minimum atomic E-state index is -3.55. The van der Waals surface area contributed by atoms with Crippen molar-refractivity contribution in [3.05, 3.63) is 54.1 Å². The van der Waals surface area contributed by atoms with Crippen LogP contribution in [0, 0.1) is 11.6 Å². The number of rotatable bonds is 8. The Labute approximate surface area is 156 Å². The molecule has 2 rings (SSSR count). The maximum atomic E-state index is 13.5. The van der Waals surface area contributed by atoms with E-state index in [1.807, 2.05) is 0 Å². The van der Waals surface area contributed by atoms with Crippen LogP contribution >= 0.6 is 0 Å². The molecule has 0 saturated heterocycles. The van der Waals surface area contributed by atoms with Crippen LogP contribution < -0.4 is 14.4 Å². The fraction of sp³-hybridized carbons (Fsp3) is 0.278. The Hall–Kier alpha value is -2.68. The highest BCUT2D eigenvalue weighted by atomic mass is 32.2. The van der Waals surface area contributed by atoms with Crippen LogP contribution in [-0.4, -0.2) is 34.2 Å². The van der Waals surface area contributed by atoms with Gasteiger partial charge < -0.3 is 10.1 Å². The number of amides is 1. The molecule has 0 aliphatic carbocycles. The van der Waals surface area contributed by atoms with Gasteiger partial charge in [0.05, 0.1) is 24.7 Å². The number of anilines is 2. The lowest BCUT2D eigenvalue weighted by Crippen LogP contribution is -2.31. The Kier molecular flexibility index (Phi) is 6.73. The van der Waals surface area contributed by atoms with Gasteiger partial charge in [-0.3, -0.25) is 9.10 Å². The van der Waals surface area contributed by atoms with E-state index in [-0.39, 0.29) is 25.1 Å². The van der Waals surface area contributed by atoms with Crippen molar-refractivity contribution >= 4 is 27.3 Å². The molecular formula is C18H20F2N2O4S. The van der Waals surface area contributed by atoms with E-state index in [0.717, 1.165) is 18.4 Å².